The van der Waals surface area contributed by atoms with E-state index in [1.165, 1.54) is 0 Å². The summed E-state index contributed by atoms with van der Waals surface area (Å²) in [5.74, 6) is 0.776. The van der Waals surface area contributed by atoms with E-state index in [9.17, 15) is 5.11 Å². The van der Waals surface area contributed by atoms with Gasteiger partial charge in [-0.2, -0.15) is 0 Å². The minimum atomic E-state index is -0.841. The molecule has 0 aliphatic heterocycles. The Kier molecular flexibility index (Phi) is 3.68. The monoisotopic (exact) mass is 242 g/mol. The van der Waals surface area contributed by atoms with Gasteiger partial charge in [0.1, 0.15) is 12.4 Å². The van der Waals surface area contributed by atoms with Crippen molar-refractivity contribution in [3.8, 4) is 5.75 Å². The zero-order valence-electron chi connectivity index (χ0n) is 10.8. The summed E-state index contributed by atoms with van der Waals surface area (Å²) >= 11 is 0. The fourth-order valence-electron chi connectivity index (χ4n) is 1.71. The zero-order chi connectivity index (χ0) is 13.0. The first-order valence-corrected chi connectivity index (χ1v) is 6.05. The lowest BCUT2D eigenvalue weighted by molar-refractivity contribution is 0.0782. The Hall–Kier alpha value is -1.80. The van der Waals surface area contributed by atoms with E-state index in [1.54, 1.807) is 13.8 Å². The first kappa shape index (κ1) is 12.7. The van der Waals surface area contributed by atoms with Gasteiger partial charge in [0.25, 0.3) is 0 Å². The van der Waals surface area contributed by atoms with E-state index in [2.05, 4.69) is 0 Å². The minimum absolute atomic E-state index is 0.538. The molecule has 0 bridgehead atoms. The van der Waals surface area contributed by atoms with E-state index in [1.807, 2.05) is 54.6 Å². The van der Waals surface area contributed by atoms with Gasteiger partial charge in [0.05, 0.1) is 5.60 Å². The van der Waals surface area contributed by atoms with Gasteiger partial charge >= 0.3 is 0 Å². The predicted molar refractivity (Wildman–Crippen MR) is 72.5 cm³/mol. The highest BCUT2D eigenvalue weighted by Crippen LogP contribution is 2.24. The van der Waals surface area contributed by atoms with E-state index in [-0.39, 0.29) is 0 Å². The normalized spacial score (nSPS) is 11.3. The van der Waals surface area contributed by atoms with Gasteiger partial charge in [0.15, 0.2) is 0 Å². The van der Waals surface area contributed by atoms with Crippen LogP contribution in [0.15, 0.2) is 54.6 Å². The van der Waals surface area contributed by atoms with E-state index in [0.717, 1.165) is 16.9 Å². The molecule has 0 unspecified atom stereocenters. The highest BCUT2D eigenvalue weighted by Gasteiger charge is 2.15. The summed E-state index contributed by atoms with van der Waals surface area (Å²) in [5.41, 5.74) is 1.14. The van der Waals surface area contributed by atoms with Crippen LogP contribution in [0.5, 0.6) is 5.75 Å². The van der Waals surface area contributed by atoms with Gasteiger partial charge in [-0.05, 0) is 37.1 Å². The number of ether oxygens (including phenoxy) is 1. The fourth-order valence-corrected chi connectivity index (χ4v) is 1.71. The third-order valence-corrected chi connectivity index (χ3v) is 2.79. The molecule has 0 fully saturated rings. The topological polar surface area (TPSA) is 29.5 Å². The Bertz CT molecular complexity index is 498. The predicted octanol–water partition coefficient (Wildman–Crippen LogP) is 3.49. The molecule has 0 aromatic heterocycles. The third kappa shape index (κ3) is 3.34. The summed E-state index contributed by atoms with van der Waals surface area (Å²) in [4.78, 5) is 0. The Labute approximate surface area is 108 Å². The Balaban J connectivity index is 2.06. The molecule has 18 heavy (non-hydrogen) atoms. The molecule has 0 aliphatic carbocycles. The standard InChI is InChI=1S/C16H18O2/c1-16(2,17)14-9-6-10-15(11-14)18-12-13-7-4-3-5-8-13/h3-11,17H,12H2,1-2H3. The average Bonchev–Trinajstić information content (AvgIpc) is 2.37. The molecule has 0 amide bonds. The summed E-state index contributed by atoms with van der Waals surface area (Å²) in [6.45, 7) is 4.07. The highest BCUT2D eigenvalue weighted by molar-refractivity contribution is 5.31. The maximum absolute atomic E-state index is 9.94. The molecule has 0 heterocycles. The summed E-state index contributed by atoms with van der Waals surface area (Å²) in [5, 5.41) is 9.94. The van der Waals surface area contributed by atoms with Crippen molar-refractivity contribution in [3.05, 3.63) is 65.7 Å². The third-order valence-electron chi connectivity index (χ3n) is 2.79. The highest BCUT2D eigenvalue weighted by atomic mass is 16.5. The van der Waals surface area contributed by atoms with E-state index < -0.39 is 5.60 Å². The zero-order valence-corrected chi connectivity index (χ0v) is 10.8. The molecule has 2 aromatic carbocycles. The lowest BCUT2D eigenvalue weighted by atomic mass is 9.98. The van der Waals surface area contributed by atoms with Gasteiger partial charge in [-0.3, -0.25) is 0 Å². The van der Waals surface area contributed by atoms with Gasteiger partial charge in [0, 0.05) is 0 Å². The summed E-state index contributed by atoms with van der Waals surface area (Å²) in [6, 6.07) is 17.6. The maximum atomic E-state index is 9.94. The summed E-state index contributed by atoms with van der Waals surface area (Å²) in [6.07, 6.45) is 0. The number of rotatable bonds is 4. The number of hydrogen-bond donors (Lipinski definition) is 1. The molecule has 2 heteroatoms. The molecule has 2 aromatic rings. The molecule has 2 nitrogen and oxygen atoms in total. The Morgan fingerprint density at radius 1 is 1.00 bits per heavy atom. The Morgan fingerprint density at radius 3 is 2.39 bits per heavy atom. The SMILES string of the molecule is CC(C)(O)c1cccc(OCc2ccccc2)c1. The van der Waals surface area contributed by atoms with Crippen LogP contribution in [0.2, 0.25) is 0 Å². The van der Waals surface area contributed by atoms with Crippen LogP contribution in [0, 0.1) is 0 Å². The molecule has 0 aliphatic rings. The van der Waals surface area contributed by atoms with Crippen molar-refractivity contribution in [2.75, 3.05) is 0 Å². The van der Waals surface area contributed by atoms with Crippen molar-refractivity contribution in [2.45, 2.75) is 26.1 Å². The lowest BCUT2D eigenvalue weighted by Gasteiger charge is -2.18. The maximum Gasteiger partial charge on any atom is 0.120 e. The van der Waals surface area contributed by atoms with Gasteiger partial charge in [-0.1, -0.05) is 42.5 Å². The number of aliphatic hydroxyl groups is 1. The van der Waals surface area contributed by atoms with E-state index in [0.29, 0.717) is 6.61 Å². The molecule has 2 rings (SSSR count). The largest absolute Gasteiger partial charge is 0.489 e. The van der Waals surface area contributed by atoms with Crippen LogP contribution in [-0.4, -0.2) is 5.11 Å². The van der Waals surface area contributed by atoms with Crippen LogP contribution in [0.1, 0.15) is 25.0 Å². The average molecular weight is 242 g/mol. The van der Waals surface area contributed by atoms with Crippen molar-refractivity contribution in [3.63, 3.8) is 0 Å². The van der Waals surface area contributed by atoms with Crippen molar-refractivity contribution in [2.24, 2.45) is 0 Å². The van der Waals surface area contributed by atoms with E-state index in [4.69, 9.17) is 4.74 Å². The van der Waals surface area contributed by atoms with Crippen LogP contribution in [0.25, 0.3) is 0 Å². The van der Waals surface area contributed by atoms with Crippen molar-refractivity contribution in [1.29, 1.82) is 0 Å². The molecule has 1 N–H and O–H groups in total. The number of benzene rings is 2. The van der Waals surface area contributed by atoms with Crippen LogP contribution in [-0.2, 0) is 12.2 Å². The molecule has 0 spiro atoms. The van der Waals surface area contributed by atoms with Gasteiger partial charge in [-0.15, -0.1) is 0 Å². The van der Waals surface area contributed by atoms with Gasteiger partial charge < -0.3 is 9.84 Å². The molecule has 0 radical (unpaired) electrons. The second-order valence-electron chi connectivity index (χ2n) is 4.86. The molecular weight excluding hydrogens is 224 g/mol. The number of hydrogen-bond acceptors (Lipinski definition) is 2. The van der Waals surface area contributed by atoms with Crippen molar-refractivity contribution >= 4 is 0 Å². The fraction of sp³-hybridized carbons (Fsp3) is 0.250. The minimum Gasteiger partial charge on any atom is -0.489 e. The van der Waals surface area contributed by atoms with Crippen LogP contribution in [0.4, 0.5) is 0 Å². The van der Waals surface area contributed by atoms with Crippen LogP contribution < -0.4 is 4.74 Å². The van der Waals surface area contributed by atoms with Crippen molar-refractivity contribution in [1.82, 2.24) is 0 Å². The first-order valence-electron chi connectivity index (χ1n) is 6.05. The first-order chi connectivity index (χ1) is 8.55. The smallest absolute Gasteiger partial charge is 0.120 e. The molecule has 0 atom stereocenters. The lowest BCUT2D eigenvalue weighted by Crippen LogP contribution is -2.15. The summed E-state index contributed by atoms with van der Waals surface area (Å²) in [7, 11) is 0. The second-order valence-corrected chi connectivity index (χ2v) is 4.86. The van der Waals surface area contributed by atoms with Gasteiger partial charge in [0.2, 0.25) is 0 Å². The van der Waals surface area contributed by atoms with Crippen molar-refractivity contribution < 1.29 is 9.84 Å². The second kappa shape index (κ2) is 5.23. The molecule has 0 saturated carbocycles. The molecular formula is C16H18O2. The van der Waals surface area contributed by atoms with Gasteiger partial charge in [-0.25, -0.2) is 0 Å². The quantitative estimate of drug-likeness (QED) is 0.889. The molecule has 0 saturated heterocycles. The summed E-state index contributed by atoms with van der Waals surface area (Å²) < 4.78 is 5.72. The van der Waals surface area contributed by atoms with E-state index >= 15 is 0 Å². The Morgan fingerprint density at radius 2 is 1.72 bits per heavy atom. The van der Waals surface area contributed by atoms with Crippen LogP contribution in [0.3, 0.4) is 0 Å². The molecule has 94 valence electrons. The van der Waals surface area contributed by atoms with Crippen LogP contribution >= 0.6 is 0 Å².